The van der Waals surface area contributed by atoms with E-state index < -0.39 is 11.1 Å². The summed E-state index contributed by atoms with van der Waals surface area (Å²) in [5, 5.41) is 9.97. The molecule has 3 heteroatoms. The Balaban J connectivity index is 2.69. The molecule has 0 amide bonds. The van der Waals surface area contributed by atoms with Crippen LogP contribution in [-0.2, 0) is 4.74 Å². The molecule has 1 aliphatic heterocycles. The summed E-state index contributed by atoms with van der Waals surface area (Å²) in [4.78, 5) is 0. The van der Waals surface area contributed by atoms with Crippen molar-refractivity contribution in [2.75, 3.05) is 13.2 Å². The van der Waals surface area contributed by atoms with Gasteiger partial charge >= 0.3 is 0 Å². The molecule has 1 heterocycles. The minimum atomic E-state index is -0.804. The van der Waals surface area contributed by atoms with Gasteiger partial charge in [-0.05, 0) is 13.3 Å². The van der Waals surface area contributed by atoms with Gasteiger partial charge in [-0.2, -0.15) is 0 Å². The second-order valence-corrected chi connectivity index (χ2v) is 3.61. The molecule has 3 nitrogen and oxygen atoms in total. The van der Waals surface area contributed by atoms with Crippen LogP contribution in [0.4, 0.5) is 0 Å². The monoisotopic (exact) mass is 159 g/mol. The van der Waals surface area contributed by atoms with Gasteiger partial charge in [-0.15, -0.1) is 0 Å². The highest BCUT2D eigenvalue weighted by Gasteiger charge is 2.45. The van der Waals surface area contributed by atoms with Crippen LogP contribution in [0.3, 0.4) is 0 Å². The summed E-state index contributed by atoms with van der Waals surface area (Å²) in [5.41, 5.74) is 4.61. The lowest BCUT2D eigenvalue weighted by atomic mass is 9.79. The van der Waals surface area contributed by atoms with Crippen molar-refractivity contribution >= 4 is 0 Å². The molecule has 0 aliphatic carbocycles. The van der Waals surface area contributed by atoms with Crippen LogP contribution in [-0.4, -0.2) is 29.5 Å². The van der Waals surface area contributed by atoms with Crippen molar-refractivity contribution in [2.45, 2.75) is 37.8 Å². The van der Waals surface area contributed by atoms with Crippen molar-refractivity contribution in [1.29, 1.82) is 0 Å². The number of rotatable bonds is 2. The van der Waals surface area contributed by atoms with Gasteiger partial charge < -0.3 is 15.6 Å². The van der Waals surface area contributed by atoms with Gasteiger partial charge in [-0.1, -0.05) is 6.92 Å². The fourth-order valence-corrected chi connectivity index (χ4v) is 1.33. The van der Waals surface area contributed by atoms with E-state index in [0.717, 1.165) is 6.42 Å². The number of hydrogen-bond donors (Lipinski definition) is 2. The van der Waals surface area contributed by atoms with Crippen molar-refractivity contribution in [3.05, 3.63) is 0 Å². The number of aliphatic hydroxyl groups is 1. The molecule has 1 rings (SSSR count). The van der Waals surface area contributed by atoms with Crippen molar-refractivity contribution in [3.8, 4) is 0 Å². The van der Waals surface area contributed by atoms with Crippen LogP contribution in [0, 0.1) is 0 Å². The van der Waals surface area contributed by atoms with E-state index in [1.165, 1.54) is 0 Å². The fourth-order valence-electron chi connectivity index (χ4n) is 1.33. The SMILES string of the molecule is CCC(C)(N)C1(O)CCOC1. The maximum Gasteiger partial charge on any atom is 0.108 e. The van der Waals surface area contributed by atoms with E-state index in [1.54, 1.807) is 0 Å². The van der Waals surface area contributed by atoms with Gasteiger partial charge in [-0.25, -0.2) is 0 Å². The van der Waals surface area contributed by atoms with E-state index in [0.29, 0.717) is 19.6 Å². The van der Waals surface area contributed by atoms with Crippen molar-refractivity contribution in [2.24, 2.45) is 5.73 Å². The number of hydrogen-bond acceptors (Lipinski definition) is 3. The number of ether oxygens (including phenoxy) is 1. The standard InChI is InChI=1S/C8H17NO2/c1-3-7(2,9)8(10)4-5-11-6-8/h10H,3-6,9H2,1-2H3. The van der Waals surface area contributed by atoms with Gasteiger partial charge in [-0.3, -0.25) is 0 Å². The first-order chi connectivity index (χ1) is 5.02. The largest absolute Gasteiger partial charge is 0.385 e. The van der Waals surface area contributed by atoms with Gasteiger partial charge in [0.25, 0.3) is 0 Å². The molecule has 1 aliphatic rings. The molecule has 66 valence electrons. The first-order valence-corrected chi connectivity index (χ1v) is 4.11. The number of nitrogens with two attached hydrogens (primary N) is 1. The Kier molecular flexibility index (Phi) is 2.23. The summed E-state index contributed by atoms with van der Waals surface area (Å²) in [6.45, 7) is 4.87. The minimum absolute atomic E-state index is 0.383. The maximum atomic E-state index is 9.97. The third-order valence-electron chi connectivity index (χ3n) is 2.80. The molecule has 0 saturated carbocycles. The molecule has 3 N–H and O–H groups in total. The van der Waals surface area contributed by atoms with Gasteiger partial charge in [0.2, 0.25) is 0 Å². The summed E-state index contributed by atoms with van der Waals surface area (Å²) < 4.78 is 5.12. The Morgan fingerprint density at radius 1 is 1.73 bits per heavy atom. The van der Waals surface area contributed by atoms with Crippen LogP contribution in [0.25, 0.3) is 0 Å². The molecule has 2 atom stereocenters. The van der Waals surface area contributed by atoms with Gasteiger partial charge in [0.05, 0.1) is 6.61 Å². The Labute approximate surface area is 67.5 Å². The summed E-state index contributed by atoms with van der Waals surface area (Å²) in [6, 6.07) is 0. The lowest BCUT2D eigenvalue weighted by molar-refractivity contribution is -0.0355. The highest BCUT2D eigenvalue weighted by molar-refractivity contribution is 5.01. The molecule has 2 unspecified atom stereocenters. The van der Waals surface area contributed by atoms with Crippen LogP contribution in [0.15, 0.2) is 0 Å². The normalized spacial score (nSPS) is 37.1. The summed E-state index contributed by atoms with van der Waals surface area (Å²) in [7, 11) is 0. The predicted octanol–water partition coefficient (Wildman–Crippen LogP) is 0.265. The van der Waals surface area contributed by atoms with Crippen molar-refractivity contribution in [3.63, 3.8) is 0 Å². The van der Waals surface area contributed by atoms with Crippen molar-refractivity contribution < 1.29 is 9.84 Å². The zero-order chi connectivity index (χ0) is 8.54. The van der Waals surface area contributed by atoms with Gasteiger partial charge in [0.1, 0.15) is 5.60 Å². The van der Waals surface area contributed by atoms with E-state index >= 15 is 0 Å². The minimum Gasteiger partial charge on any atom is -0.385 e. The molecule has 0 bridgehead atoms. The Morgan fingerprint density at radius 2 is 2.36 bits per heavy atom. The Bertz CT molecular complexity index is 139. The third-order valence-corrected chi connectivity index (χ3v) is 2.80. The second-order valence-electron chi connectivity index (χ2n) is 3.61. The summed E-state index contributed by atoms with van der Waals surface area (Å²) >= 11 is 0. The molecule has 0 aromatic heterocycles. The van der Waals surface area contributed by atoms with E-state index in [2.05, 4.69) is 0 Å². The van der Waals surface area contributed by atoms with E-state index in [1.807, 2.05) is 13.8 Å². The topological polar surface area (TPSA) is 55.5 Å². The molecule has 0 radical (unpaired) electrons. The molecule has 0 aromatic rings. The van der Waals surface area contributed by atoms with Crippen LogP contribution < -0.4 is 5.73 Å². The molecule has 0 aromatic carbocycles. The maximum absolute atomic E-state index is 9.97. The van der Waals surface area contributed by atoms with Crippen LogP contribution in [0.1, 0.15) is 26.7 Å². The molecule has 1 saturated heterocycles. The quantitative estimate of drug-likeness (QED) is 0.608. The molecular weight excluding hydrogens is 142 g/mol. The van der Waals surface area contributed by atoms with Crippen LogP contribution >= 0.6 is 0 Å². The highest BCUT2D eigenvalue weighted by atomic mass is 16.5. The summed E-state index contributed by atoms with van der Waals surface area (Å²) in [5.74, 6) is 0. The van der Waals surface area contributed by atoms with E-state index in [9.17, 15) is 5.11 Å². The molecule has 11 heavy (non-hydrogen) atoms. The Morgan fingerprint density at radius 3 is 2.73 bits per heavy atom. The van der Waals surface area contributed by atoms with Gasteiger partial charge in [0, 0.05) is 18.6 Å². The zero-order valence-corrected chi connectivity index (χ0v) is 7.26. The van der Waals surface area contributed by atoms with E-state index in [4.69, 9.17) is 10.5 Å². The van der Waals surface area contributed by atoms with Crippen LogP contribution in [0.2, 0.25) is 0 Å². The third kappa shape index (κ3) is 1.41. The van der Waals surface area contributed by atoms with E-state index in [-0.39, 0.29) is 0 Å². The predicted molar refractivity (Wildman–Crippen MR) is 43.3 cm³/mol. The van der Waals surface area contributed by atoms with Crippen LogP contribution in [0.5, 0.6) is 0 Å². The highest BCUT2D eigenvalue weighted by Crippen LogP contribution is 2.30. The average molecular weight is 159 g/mol. The second kappa shape index (κ2) is 2.73. The molecular formula is C8H17NO2. The molecule has 0 spiro atoms. The molecule has 1 fully saturated rings. The lowest BCUT2D eigenvalue weighted by Crippen LogP contribution is -2.58. The fraction of sp³-hybridized carbons (Fsp3) is 1.00. The first-order valence-electron chi connectivity index (χ1n) is 4.11. The van der Waals surface area contributed by atoms with Gasteiger partial charge in [0.15, 0.2) is 0 Å². The lowest BCUT2D eigenvalue weighted by Gasteiger charge is -2.37. The smallest absolute Gasteiger partial charge is 0.108 e. The average Bonchev–Trinajstić information content (AvgIpc) is 2.38. The zero-order valence-electron chi connectivity index (χ0n) is 7.26. The summed E-state index contributed by atoms with van der Waals surface area (Å²) in [6.07, 6.45) is 1.43. The van der Waals surface area contributed by atoms with Crippen molar-refractivity contribution in [1.82, 2.24) is 0 Å². The Hall–Kier alpha value is -0.120. The first kappa shape index (κ1) is 8.97.